The molecule has 0 aromatic heterocycles. The molecule has 5 heteroatoms. The molecule has 2 atom stereocenters. The maximum absolute atomic E-state index is 13.1. The van der Waals surface area contributed by atoms with E-state index in [4.69, 9.17) is 4.74 Å². The Hall–Kier alpha value is -1.59. The van der Waals surface area contributed by atoms with E-state index in [0.29, 0.717) is 24.6 Å². The summed E-state index contributed by atoms with van der Waals surface area (Å²) in [6.07, 6.45) is 4.11. The lowest BCUT2D eigenvalue weighted by Gasteiger charge is -2.36. The van der Waals surface area contributed by atoms with Crippen molar-refractivity contribution in [1.29, 1.82) is 0 Å². The van der Waals surface area contributed by atoms with Crippen LogP contribution in [-0.4, -0.2) is 73.0 Å². The van der Waals surface area contributed by atoms with Gasteiger partial charge in [0.1, 0.15) is 12.4 Å². The number of carbonyl (C=O) groups excluding carboxylic acids is 1. The zero-order chi connectivity index (χ0) is 20.1. The van der Waals surface area contributed by atoms with Gasteiger partial charge in [-0.25, -0.2) is 0 Å². The minimum absolute atomic E-state index is 0.173. The monoisotopic (exact) mass is 387 g/mol. The van der Waals surface area contributed by atoms with Crippen molar-refractivity contribution < 1.29 is 9.53 Å². The smallest absolute Gasteiger partial charge is 0.225 e. The fourth-order valence-corrected chi connectivity index (χ4v) is 4.68. The lowest BCUT2D eigenvalue weighted by atomic mass is 10.0. The van der Waals surface area contributed by atoms with Gasteiger partial charge in [0.25, 0.3) is 0 Å². The van der Waals surface area contributed by atoms with Crippen LogP contribution < -0.4 is 4.74 Å². The van der Waals surface area contributed by atoms with Gasteiger partial charge in [0.2, 0.25) is 5.91 Å². The number of benzene rings is 1. The predicted molar refractivity (Wildman–Crippen MR) is 113 cm³/mol. The average molecular weight is 388 g/mol. The van der Waals surface area contributed by atoms with Crippen LogP contribution in [0.5, 0.6) is 5.75 Å². The summed E-state index contributed by atoms with van der Waals surface area (Å²) in [7, 11) is 4.24. The molecule has 0 saturated carbocycles. The number of hydrogen-bond donors (Lipinski definition) is 0. The molecule has 1 aromatic carbocycles. The second kappa shape index (κ2) is 9.75. The van der Waals surface area contributed by atoms with Crippen LogP contribution in [0.1, 0.15) is 45.1 Å². The number of amides is 1. The van der Waals surface area contributed by atoms with E-state index < -0.39 is 0 Å². The van der Waals surface area contributed by atoms with E-state index in [1.54, 1.807) is 0 Å². The molecule has 1 aromatic rings. The van der Waals surface area contributed by atoms with Gasteiger partial charge in [-0.2, -0.15) is 0 Å². The standard InChI is InChI=1S/C23H37N3O2/c1-5-18(6-2)23(27)26-13-9-11-20(26)16-25-14-19-10-7-8-12-22(19)28-17-21(25)15-24(3)4/h7-8,10,12,18,20-21H,5-6,9,11,13-17H2,1-4H3/t20-,21+/m0/s1. The molecule has 28 heavy (non-hydrogen) atoms. The van der Waals surface area contributed by atoms with Gasteiger partial charge in [-0.3, -0.25) is 9.69 Å². The third-order valence-electron chi connectivity index (χ3n) is 6.31. The molecule has 1 amide bonds. The third kappa shape index (κ3) is 4.87. The molecule has 3 rings (SSSR count). The van der Waals surface area contributed by atoms with E-state index in [1.807, 2.05) is 6.07 Å². The summed E-state index contributed by atoms with van der Waals surface area (Å²) in [5, 5.41) is 0. The first-order valence-electron chi connectivity index (χ1n) is 10.9. The minimum atomic E-state index is 0.173. The molecular weight excluding hydrogens is 350 g/mol. The van der Waals surface area contributed by atoms with E-state index in [9.17, 15) is 4.79 Å². The van der Waals surface area contributed by atoms with E-state index in [1.165, 1.54) is 5.56 Å². The molecule has 0 bridgehead atoms. The molecule has 0 aliphatic carbocycles. The first kappa shape index (κ1) is 21.1. The Morgan fingerprint density at radius 3 is 2.68 bits per heavy atom. The summed E-state index contributed by atoms with van der Waals surface area (Å²) in [5.74, 6) is 1.54. The highest BCUT2D eigenvalue weighted by molar-refractivity contribution is 5.79. The number of likely N-dealkylation sites (tertiary alicyclic amines) is 1. The molecule has 0 radical (unpaired) electrons. The Bertz CT molecular complexity index is 644. The van der Waals surface area contributed by atoms with Gasteiger partial charge in [-0.15, -0.1) is 0 Å². The number of hydrogen-bond acceptors (Lipinski definition) is 4. The fourth-order valence-electron chi connectivity index (χ4n) is 4.68. The van der Waals surface area contributed by atoms with E-state index in [-0.39, 0.29) is 5.92 Å². The van der Waals surface area contributed by atoms with Crippen LogP contribution in [0.4, 0.5) is 0 Å². The van der Waals surface area contributed by atoms with Crippen molar-refractivity contribution in [3.63, 3.8) is 0 Å². The number of carbonyl (C=O) groups is 1. The predicted octanol–water partition coefficient (Wildman–Crippen LogP) is 3.24. The molecule has 5 nitrogen and oxygen atoms in total. The molecule has 2 aliphatic heterocycles. The van der Waals surface area contributed by atoms with Gasteiger partial charge < -0.3 is 14.5 Å². The number of rotatable bonds is 7. The Morgan fingerprint density at radius 2 is 1.96 bits per heavy atom. The quantitative estimate of drug-likeness (QED) is 0.720. The minimum Gasteiger partial charge on any atom is -0.492 e. The van der Waals surface area contributed by atoms with Gasteiger partial charge in [0, 0.05) is 43.7 Å². The Balaban J connectivity index is 1.77. The molecular formula is C23H37N3O2. The molecule has 2 heterocycles. The maximum Gasteiger partial charge on any atom is 0.225 e. The van der Waals surface area contributed by atoms with Gasteiger partial charge in [-0.1, -0.05) is 32.0 Å². The summed E-state index contributed by atoms with van der Waals surface area (Å²) < 4.78 is 6.16. The molecule has 0 spiro atoms. The van der Waals surface area contributed by atoms with Crippen LogP contribution in [-0.2, 0) is 11.3 Å². The van der Waals surface area contributed by atoms with Crippen molar-refractivity contribution in [3.8, 4) is 5.75 Å². The van der Waals surface area contributed by atoms with Crippen LogP contribution in [0, 0.1) is 5.92 Å². The lowest BCUT2D eigenvalue weighted by Crippen LogP contribution is -2.51. The number of para-hydroxylation sites is 1. The summed E-state index contributed by atoms with van der Waals surface area (Å²) in [6.45, 7) is 8.66. The van der Waals surface area contributed by atoms with Crippen molar-refractivity contribution in [2.75, 3.05) is 40.3 Å². The highest BCUT2D eigenvalue weighted by atomic mass is 16.5. The topological polar surface area (TPSA) is 36.0 Å². The van der Waals surface area contributed by atoms with Crippen LogP contribution in [0.3, 0.4) is 0 Å². The fraction of sp³-hybridized carbons (Fsp3) is 0.696. The third-order valence-corrected chi connectivity index (χ3v) is 6.31. The highest BCUT2D eigenvalue weighted by Crippen LogP contribution is 2.28. The molecule has 0 unspecified atom stereocenters. The van der Waals surface area contributed by atoms with Crippen molar-refractivity contribution in [1.82, 2.24) is 14.7 Å². The lowest BCUT2D eigenvalue weighted by molar-refractivity contribution is -0.137. The second-order valence-electron chi connectivity index (χ2n) is 8.61. The maximum atomic E-state index is 13.1. The number of fused-ring (bicyclic) bond motifs is 1. The Labute approximate surface area is 170 Å². The average Bonchev–Trinajstić information content (AvgIpc) is 3.07. The highest BCUT2D eigenvalue weighted by Gasteiger charge is 2.35. The Morgan fingerprint density at radius 1 is 1.21 bits per heavy atom. The van der Waals surface area contributed by atoms with Crippen molar-refractivity contribution in [2.24, 2.45) is 5.92 Å². The molecule has 0 N–H and O–H groups in total. The second-order valence-corrected chi connectivity index (χ2v) is 8.61. The first-order chi connectivity index (χ1) is 13.5. The summed E-state index contributed by atoms with van der Waals surface area (Å²) >= 11 is 0. The van der Waals surface area contributed by atoms with Gasteiger partial charge in [0.15, 0.2) is 0 Å². The van der Waals surface area contributed by atoms with Crippen LogP contribution in [0.2, 0.25) is 0 Å². The zero-order valence-electron chi connectivity index (χ0n) is 18.1. The SMILES string of the molecule is CCC(CC)C(=O)N1CCC[C@H]1CN1Cc2ccccc2OC[C@H]1CN(C)C. The van der Waals surface area contributed by atoms with Crippen LogP contribution >= 0.6 is 0 Å². The van der Waals surface area contributed by atoms with Gasteiger partial charge >= 0.3 is 0 Å². The summed E-state index contributed by atoms with van der Waals surface area (Å²) in [4.78, 5) is 20.0. The van der Waals surface area contributed by atoms with Gasteiger partial charge in [-0.05, 0) is 45.8 Å². The van der Waals surface area contributed by atoms with Crippen molar-refractivity contribution >= 4 is 5.91 Å². The molecule has 2 aliphatic rings. The van der Waals surface area contributed by atoms with E-state index in [0.717, 1.165) is 57.6 Å². The summed E-state index contributed by atoms with van der Waals surface area (Å²) in [6, 6.07) is 9.02. The van der Waals surface area contributed by atoms with Gasteiger partial charge in [0.05, 0.1) is 6.04 Å². The van der Waals surface area contributed by atoms with Crippen LogP contribution in [0.15, 0.2) is 24.3 Å². The molecule has 156 valence electrons. The first-order valence-corrected chi connectivity index (χ1v) is 10.9. The number of likely N-dealkylation sites (N-methyl/N-ethyl adjacent to an activating group) is 1. The number of ether oxygens (including phenoxy) is 1. The van der Waals surface area contributed by atoms with E-state index in [2.05, 4.69) is 60.8 Å². The normalized spacial score (nSPS) is 23.0. The number of nitrogens with zero attached hydrogens (tertiary/aromatic N) is 3. The zero-order valence-corrected chi connectivity index (χ0v) is 18.1. The Kier molecular flexibility index (Phi) is 7.36. The van der Waals surface area contributed by atoms with Crippen molar-refractivity contribution in [3.05, 3.63) is 29.8 Å². The molecule has 1 fully saturated rings. The summed E-state index contributed by atoms with van der Waals surface area (Å²) in [5.41, 5.74) is 1.25. The van der Waals surface area contributed by atoms with Crippen molar-refractivity contribution in [2.45, 2.75) is 58.2 Å². The molecule has 1 saturated heterocycles. The van der Waals surface area contributed by atoms with E-state index >= 15 is 0 Å². The van der Waals surface area contributed by atoms with Crippen LogP contribution in [0.25, 0.3) is 0 Å². The largest absolute Gasteiger partial charge is 0.492 e.